The highest BCUT2D eigenvalue weighted by atomic mass is 16.5. The maximum Gasteiger partial charge on any atom is 0.257 e. The second-order valence-corrected chi connectivity index (χ2v) is 7.02. The molecule has 0 saturated carbocycles. The summed E-state index contributed by atoms with van der Waals surface area (Å²) < 4.78 is 7.27. The van der Waals surface area contributed by atoms with Gasteiger partial charge in [-0.1, -0.05) is 12.1 Å². The standard InChI is InChI=1S/C20H24N6O2/c1-13-4-3-5-15(18(13)28-2)20(27)25-10-6-14(12-25)16-17-19(23-9-8-22-17)26(24-16)11-7-21/h3-5,8-9,14H,6-7,10-12,21H2,1-2H3/t14-/m0/s1. The zero-order chi connectivity index (χ0) is 19.7. The Labute approximate surface area is 163 Å². The van der Waals surface area contributed by atoms with Gasteiger partial charge in [0.25, 0.3) is 5.91 Å². The van der Waals surface area contributed by atoms with Crippen molar-refractivity contribution in [3.63, 3.8) is 0 Å². The summed E-state index contributed by atoms with van der Waals surface area (Å²) >= 11 is 0. The molecule has 1 fully saturated rings. The van der Waals surface area contributed by atoms with Gasteiger partial charge in [0.2, 0.25) is 0 Å². The van der Waals surface area contributed by atoms with Gasteiger partial charge in [-0.05, 0) is 25.0 Å². The summed E-state index contributed by atoms with van der Waals surface area (Å²) in [5.41, 5.74) is 9.68. The fraction of sp³-hybridized carbons (Fsp3) is 0.400. The van der Waals surface area contributed by atoms with Gasteiger partial charge in [0.05, 0.1) is 24.9 Å². The number of likely N-dealkylation sites (tertiary alicyclic amines) is 1. The smallest absolute Gasteiger partial charge is 0.257 e. The van der Waals surface area contributed by atoms with E-state index >= 15 is 0 Å². The summed E-state index contributed by atoms with van der Waals surface area (Å²) in [7, 11) is 1.60. The number of nitrogens with two attached hydrogens (primary N) is 1. The lowest BCUT2D eigenvalue weighted by Gasteiger charge is -2.18. The number of methoxy groups -OCH3 is 1. The summed E-state index contributed by atoms with van der Waals surface area (Å²) in [5.74, 6) is 0.747. The highest BCUT2D eigenvalue weighted by molar-refractivity contribution is 5.97. The molecule has 3 aromatic rings. The molecule has 8 heteroatoms. The van der Waals surface area contributed by atoms with Crippen molar-refractivity contribution in [2.45, 2.75) is 25.8 Å². The molecule has 1 atom stereocenters. The van der Waals surface area contributed by atoms with Gasteiger partial charge in [-0.2, -0.15) is 5.10 Å². The third-order valence-corrected chi connectivity index (χ3v) is 5.24. The second-order valence-electron chi connectivity index (χ2n) is 7.02. The second kappa shape index (κ2) is 7.55. The quantitative estimate of drug-likeness (QED) is 0.724. The largest absolute Gasteiger partial charge is 0.496 e. The molecule has 1 aromatic carbocycles. The van der Waals surface area contributed by atoms with Crippen molar-refractivity contribution in [2.75, 3.05) is 26.7 Å². The number of fused-ring (bicyclic) bond motifs is 1. The third kappa shape index (κ3) is 3.09. The first-order chi connectivity index (χ1) is 13.6. The van der Waals surface area contributed by atoms with E-state index < -0.39 is 0 Å². The minimum Gasteiger partial charge on any atom is -0.496 e. The van der Waals surface area contributed by atoms with Gasteiger partial charge in [0.15, 0.2) is 5.65 Å². The topological polar surface area (TPSA) is 99.2 Å². The van der Waals surface area contributed by atoms with E-state index in [2.05, 4.69) is 9.97 Å². The van der Waals surface area contributed by atoms with E-state index in [9.17, 15) is 4.79 Å². The highest BCUT2D eigenvalue weighted by Crippen LogP contribution is 2.32. The van der Waals surface area contributed by atoms with Gasteiger partial charge in [0, 0.05) is 37.9 Å². The number of carbonyl (C=O) groups is 1. The molecule has 1 aliphatic rings. The molecule has 1 aliphatic heterocycles. The number of hydrogen-bond donors (Lipinski definition) is 1. The maximum absolute atomic E-state index is 13.1. The number of carbonyl (C=O) groups excluding carboxylic acids is 1. The Morgan fingerprint density at radius 2 is 2.14 bits per heavy atom. The first-order valence-electron chi connectivity index (χ1n) is 9.44. The van der Waals surface area contributed by atoms with Crippen LogP contribution in [0.15, 0.2) is 30.6 Å². The number of para-hydroxylation sites is 1. The molecule has 0 bridgehead atoms. The SMILES string of the molecule is COc1c(C)cccc1C(=O)N1CC[C@H](c2nn(CCN)c3nccnc23)C1. The van der Waals surface area contributed by atoms with E-state index in [4.69, 9.17) is 15.6 Å². The van der Waals surface area contributed by atoms with Crippen LogP contribution in [0.1, 0.15) is 34.0 Å². The summed E-state index contributed by atoms with van der Waals surface area (Å²) in [6, 6.07) is 5.64. The summed E-state index contributed by atoms with van der Waals surface area (Å²) in [4.78, 5) is 23.9. The van der Waals surface area contributed by atoms with Gasteiger partial charge >= 0.3 is 0 Å². The fourth-order valence-electron chi connectivity index (χ4n) is 3.91. The van der Waals surface area contributed by atoms with E-state index in [0.29, 0.717) is 37.5 Å². The van der Waals surface area contributed by atoms with E-state index in [1.807, 2.05) is 34.7 Å². The highest BCUT2D eigenvalue weighted by Gasteiger charge is 2.32. The third-order valence-electron chi connectivity index (χ3n) is 5.24. The molecule has 1 amide bonds. The molecule has 1 saturated heterocycles. The molecule has 8 nitrogen and oxygen atoms in total. The molecule has 0 radical (unpaired) electrons. The molecule has 2 N–H and O–H groups in total. The first-order valence-corrected chi connectivity index (χ1v) is 9.44. The van der Waals surface area contributed by atoms with Crippen LogP contribution in [0.2, 0.25) is 0 Å². The van der Waals surface area contributed by atoms with Crippen LogP contribution >= 0.6 is 0 Å². The predicted molar refractivity (Wildman–Crippen MR) is 105 cm³/mol. The van der Waals surface area contributed by atoms with Crippen LogP contribution < -0.4 is 10.5 Å². The van der Waals surface area contributed by atoms with Gasteiger partial charge < -0.3 is 15.4 Å². The molecular weight excluding hydrogens is 356 g/mol. The van der Waals surface area contributed by atoms with Crippen molar-refractivity contribution in [1.82, 2.24) is 24.6 Å². The lowest BCUT2D eigenvalue weighted by atomic mass is 10.0. The Kier molecular flexibility index (Phi) is 4.95. The summed E-state index contributed by atoms with van der Waals surface area (Å²) in [6.45, 7) is 4.28. The van der Waals surface area contributed by atoms with Crippen molar-refractivity contribution in [2.24, 2.45) is 5.73 Å². The van der Waals surface area contributed by atoms with Crippen LogP contribution in [0, 0.1) is 6.92 Å². The Bertz CT molecular complexity index is 1020. The number of hydrogen-bond acceptors (Lipinski definition) is 6. The van der Waals surface area contributed by atoms with Crippen molar-refractivity contribution in [3.8, 4) is 5.75 Å². The number of benzene rings is 1. The molecule has 0 spiro atoms. The predicted octanol–water partition coefficient (Wildman–Crippen LogP) is 1.73. The molecule has 0 aliphatic carbocycles. The lowest BCUT2D eigenvalue weighted by molar-refractivity contribution is 0.0787. The number of rotatable bonds is 5. The average molecular weight is 380 g/mol. The first kappa shape index (κ1) is 18.4. The monoisotopic (exact) mass is 380 g/mol. The van der Waals surface area contributed by atoms with Crippen LogP contribution in [0.25, 0.3) is 11.2 Å². The van der Waals surface area contributed by atoms with Crippen LogP contribution in [0.5, 0.6) is 5.75 Å². The molecule has 2 aromatic heterocycles. The molecule has 3 heterocycles. The Morgan fingerprint density at radius 3 is 2.93 bits per heavy atom. The van der Waals surface area contributed by atoms with E-state index in [0.717, 1.165) is 28.8 Å². The number of aryl methyl sites for hydroxylation is 1. The van der Waals surface area contributed by atoms with Crippen LogP contribution in [0.4, 0.5) is 0 Å². The number of ether oxygens (including phenoxy) is 1. The van der Waals surface area contributed by atoms with Crippen molar-refractivity contribution in [1.29, 1.82) is 0 Å². The Morgan fingerprint density at radius 1 is 1.32 bits per heavy atom. The van der Waals surface area contributed by atoms with E-state index in [1.165, 1.54) is 0 Å². The number of nitrogens with zero attached hydrogens (tertiary/aromatic N) is 5. The van der Waals surface area contributed by atoms with Gasteiger partial charge in [0.1, 0.15) is 11.3 Å². The zero-order valence-corrected chi connectivity index (χ0v) is 16.1. The molecule has 4 rings (SSSR count). The minimum atomic E-state index is -0.0140. The number of aromatic nitrogens is 4. The Hall–Kier alpha value is -3.00. The van der Waals surface area contributed by atoms with Gasteiger partial charge in [-0.25, -0.2) is 14.6 Å². The zero-order valence-electron chi connectivity index (χ0n) is 16.1. The maximum atomic E-state index is 13.1. The van der Waals surface area contributed by atoms with Crippen LogP contribution in [-0.2, 0) is 6.54 Å². The van der Waals surface area contributed by atoms with Gasteiger partial charge in [-0.3, -0.25) is 4.79 Å². The van der Waals surface area contributed by atoms with Crippen LogP contribution in [0.3, 0.4) is 0 Å². The molecule has 28 heavy (non-hydrogen) atoms. The van der Waals surface area contributed by atoms with E-state index in [-0.39, 0.29) is 11.8 Å². The van der Waals surface area contributed by atoms with Crippen molar-refractivity contribution < 1.29 is 9.53 Å². The molecule has 146 valence electrons. The fourth-order valence-corrected chi connectivity index (χ4v) is 3.91. The molecule has 0 unspecified atom stereocenters. The van der Waals surface area contributed by atoms with Crippen LogP contribution in [-0.4, -0.2) is 57.3 Å². The van der Waals surface area contributed by atoms with E-state index in [1.54, 1.807) is 19.5 Å². The Balaban J connectivity index is 1.61. The average Bonchev–Trinajstić information content (AvgIpc) is 3.33. The number of amides is 1. The lowest BCUT2D eigenvalue weighted by Crippen LogP contribution is -2.29. The summed E-state index contributed by atoms with van der Waals surface area (Å²) in [6.07, 6.45) is 4.18. The normalized spacial score (nSPS) is 16.7. The molecular formula is C20H24N6O2. The van der Waals surface area contributed by atoms with Crippen molar-refractivity contribution >= 4 is 17.1 Å². The van der Waals surface area contributed by atoms with Gasteiger partial charge in [-0.15, -0.1) is 0 Å². The summed E-state index contributed by atoms with van der Waals surface area (Å²) in [5, 5.41) is 4.72. The minimum absolute atomic E-state index is 0.0140. The van der Waals surface area contributed by atoms with Crippen molar-refractivity contribution in [3.05, 3.63) is 47.4 Å².